The molecular weight excluding hydrogens is 240 g/mol. The maximum Gasteiger partial charge on any atom is 0.269 e. The third kappa shape index (κ3) is 2.88. The molecule has 0 fully saturated rings. The van der Waals surface area contributed by atoms with E-state index in [1.165, 1.54) is 6.07 Å². The largest absolute Gasteiger partial charge is 0.381 e. The van der Waals surface area contributed by atoms with E-state index in [1.807, 2.05) is 0 Å². The molecule has 0 saturated carbocycles. The Labute approximate surface area is 94.6 Å². The van der Waals surface area contributed by atoms with Crippen LogP contribution in [0.15, 0.2) is 18.2 Å². The van der Waals surface area contributed by atoms with E-state index in [-0.39, 0.29) is 16.3 Å². The summed E-state index contributed by atoms with van der Waals surface area (Å²) in [7, 11) is 0. The zero-order chi connectivity index (χ0) is 12.3. The molecule has 0 aliphatic heterocycles. The van der Waals surface area contributed by atoms with Crippen molar-refractivity contribution < 1.29 is 15.0 Å². The molecule has 1 aromatic rings. The molecule has 1 N–H and O–H groups in total. The summed E-state index contributed by atoms with van der Waals surface area (Å²) in [5.74, 6) is 0. The van der Waals surface area contributed by atoms with E-state index in [4.69, 9.17) is 11.6 Å². The average molecular weight is 247 g/mol. The number of nitrogens with zero attached hydrogens (tertiary/aromatic N) is 2. The lowest BCUT2D eigenvalue weighted by Crippen LogP contribution is -2.12. The van der Waals surface area contributed by atoms with Gasteiger partial charge in [-0.15, -0.1) is 0 Å². The van der Waals surface area contributed by atoms with Gasteiger partial charge in [-0.3, -0.25) is 20.2 Å². The summed E-state index contributed by atoms with van der Waals surface area (Å²) in [6.07, 6.45) is -1.46. The Morgan fingerprint density at radius 3 is 2.50 bits per heavy atom. The van der Waals surface area contributed by atoms with E-state index in [1.54, 1.807) is 0 Å². The van der Waals surface area contributed by atoms with Crippen molar-refractivity contribution in [3.05, 3.63) is 49.0 Å². The number of hydrogen-bond acceptors (Lipinski definition) is 5. The van der Waals surface area contributed by atoms with Crippen LogP contribution in [0.2, 0.25) is 5.02 Å². The van der Waals surface area contributed by atoms with Gasteiger partial charge in [0.15, 0.2) is 0 Å². The standard InChI is InChI=1S/C8H7ClN2O5/c9-7-2-1-5(11(15)16)3-6(7)8(12)4-10(13)14/h1-3,8,12H,4H2. The molecule has 0 aliphatic carbocycles. The summed E-state index contributed by atoms with van der Waals surface area (Å²) in [6.45, 7) is -0.749. The first-order valence-corrected chi connectivity index (χ1v) is 4.53. The Morgan fingerprint density at radius 2 is 2.00 bits per heavy atom. The van der Waals surface area contributed by atoms with Crippen molar-refractivity contribution >= 4 is 17.3 Å². The minimum Gasteiger partial charge on any atom is -0.381 e. The molecule has 0 spiro atoms. The van der Waals surface area contributed by atoms with Crippen LogP contribution in [0.25, 0.3) is 0 Å². The second kappa shape index (κ2) is 4.86. The van der Waals surface area contributed by atoms with Gasteiger partial charge >= 0.3 is 0 Å². The van der Waals surface area contributed by atoms with E-state index in [0.717, 1.165) is 12.1 Å². The summed E-state index contributed by atoms with van der Waals surface area (Å²) in [5, 5.41) is 30.1. The van der Waals surface area contributed by atoms with Gasteiger partial charge in [0.25, 0.3) is 5.69 Å². The van der Waals surface area contributed by atoms with Crippen LogP contribution in [-0.4, -0.2) is 21.5 Å². The van der Waals surface area contributed by atoms with Crippen LogP contribution in [0.5, 0.6) is 0 Å². The highest BCUT2D eigenvalue weighted by molar-refractivity contribution is 6.31. The van der Waals surface area contributed by atoms with Crippen molar-refractivity contribution in [1.29, 1.82) is 0 Å². The fourth-order valence-electron chi connectivity index (χ4n) is 1.14. The van der Waals surface area contributed by atoms with E-state index < -0.39 is 22.5 Å². The highest BCUT2D eigenvalue weighted by atomic mass is 35.5. The van der Waals surface area contributed by atoms with E-state index >= 15 is 0 Å². The van der Waals surface area contributed by atoms with Gasteiger partial charge in [-0.1, -0.05) is 11.6 Å². The molecule has 1 aromatic carbocycles. The van der Waals surface area contributed by atoms with Gasteiger partial charge in [0, 0.05) is 27.6 Å². The van der Waals surface area contributed by atoms with Gasteiger partial charge in [-0.2, -0.15) is 0 Å². The molecule has 0 amide bonds. The van der Waals surface area contributed by atoms with Crippen molar-refractivity contribution in [2.75, 3.05) is 6.54 Å². The number of aliphatic hydroxyl groups is 1. The summed E-state index contributed by atoms with van der Waals surface area (Å²) < 4.78 is 0. The zero-order valence-electron chi connectivity index (χ0n) is 7.87. The Hall–Kier alpha value is -1.73. The molecule has 0 aromatic heterocycles. The summed E-state index contributed by atoms with van der Waals surface area (Å²) in [4.78, 5) is 19.2. The lowest BCUT2D eigenvalue weighted by Gasteiger charge is -2.07. The normalized spacial score (nSPS) is 12.1. The molecule has 0 radical (unpaired) electrons. The van der Waals surface area contributed by atoms with Crippen molar-refractivity contribution in [3.8, 4) is 0 Å². The number of aliphatic hydroxyl groups excluding tert-OH is 1. The second-order valence-corrected chi connectivity index (χ2v) is 3.40. The van der Waals surface area contributed by atoms with E-state index in [2.05, 4.69) is 0 Å². The topological polar surface area (TPSA) is 107 Å². The van der Waals surface area contributed by atoms with Gasteiger partial charge in [-0.05, 0) is 6.07 Å². The average Bonchev–Trinajstić information content (AvgIpc) is 2.16. The molecule has 0 bridgehead atoms. The fourth-order valence-corrected chi connectivity index (χ4v) is 1.38. The molecule has 1 unspecified atom stereocenters. The lowest BCUT2D eigenvalue weighted by atomic mass is 10.1. The minimum absolute atomic E-state index is 0.0208. The molecular formula is C8H7ClN2O5. The fraction of sp³-hybridized carbons (Fsp3) is 0.250. The predicted molar refractivity (Wildman–Crippen MR) is 54.9 cm³/mol. The van der Waals surface area contributed by atoms with Crippen molar-refractivity contribution in [2.24, 2.45) is 0 Å². The van der Waals surface area contributed by atoms with Crippen LogP contribution in [0, 0.1) is 20.2 Å². The quantitative estimate of drug-likeness (QED) is 0.641. The number of non-ortho nitro benzene ring substituents is 1. The molecule has 0 saturated heterocycles. The van der Waals surface area contributed by atoms with E-state index in [9.17, 15) is 25.3 Å². The molecule has 16 heavy (non-hydrogen) atoms. The second-order valence-electron chi connectivity index (χ2n) is 2.99. The molecule has 8 heteroatoms. The summed E-state index contributed by atoms with van der Waals surface area (Å²) in [6, 6.07) is 3.40. The minimum atomic E-state index is -1.46. The first kappa shape index (κ1) is 12.3. The monoisotopic (exact) mass is 246 g/mol. The Morgan fingerprint density at radius 1 is 1.38 bits per heavy atom. The summed E-state index contributed by atoms with van der Waals surface area (Å²) in [5.41, 5.74) is -0.297. The Kier molecular flexibility index (Phi) is 3.75. The zero-order valence-corrected chi connectivity index (χ0v) is 8.63. The van der Waals surface area contributed by atoms with Crippen LogP contribution < -0.4 is 0 Å². The molecule has 7 nitrogen and oxygen atoms in total. The van der Waals surface area contributed by atoms with Gasteiger partial charge < -0.3 is 5.11 Å². The molecule has 1 atom stereocenters. The first-order valence-electron chi connectivity index (χ1n) is 4.15. The summed E-state index contributed by atoms with van der Waals surface area (Å²) >= 11 is 5.67. The third-order valence-electron chi connectivity index (χ3n) is 1.87. The van der Waals surface area contributed by atoms with Crippen molar-refractivity contribution in [2.45, 2.75) is 6.10 Å². The van der Waals surface area contributed by atoms with E-state index in [0.29, 0.717) is 0 Å². The number of halogens is 1. The Balaban J connectivity index is 3.06. The molecule has 0 heterocycles. The molecule has 86 valence electrons. The van der Waals surface area contributed by atoms with Crippen LogP contribution in [0.4, 0.5) is 5.69 Å². The predicted octanol–water partition coefficient (Wildman–Crippen LogP) is 1.56. The van der Waals surface area contributed by atoms with Crippen LogP contribution in [0.3, 0.4) is 0 Å². The van der Waals surface area contributed by atoms with Crippen molar-refractivity contribution in [3.63, 3.8) is 0 Å². The van der Waals surface area contributed by atoms with Gasteiger partial charge in [0.1, 0.15) is 6.10 Å². The highest BCUT2D eigenvalue weighted by Gasteiger charge is 2.20. The van der Waals surface area contributed by atoms with Crippen LogP contribution in [-0.2, 0) is 0 Å². The Bertz CT molecular complexity index is 436. The number of benzene rings is 1. The van der Waals surface area contributed by atoms with Gasteiger partial charge in [0.2, 0.25) is 6.54 Å². The smallest absolute Gasteiger partial charge is 0.269 e. The number of rotatable bonds is 4. The van der Waals surface area contributed by atoms with Crippen LogP contribution >= 0.6 is 11.6 Å². The number of nitro groups is 2. The van der Waals surface area contributed by atoms with Crippen molar-refractivity contribution in [1.82, 2.24) is 0 Å². The van der Waals surface area contributed by atoms with Gasteiger partial charge in [-0.25, -0.2) is 0 Å². The van der Waals surface area contributed by atoms with Crippen LogP contribution in [0.1, 0.15) is 11.7 Å². The first-order chi connectivity index (χ1) is 7.41. The lowest BCUT2D eigenvalue weighted by molar-refractivity contribution is -0.491. The van der Waals surface area contributed by atoms with Gasteiger partial charge in [0.05, 0.1) is 4.92 Å². The molecule has 1 rings (SSSR count). The number of hydrogen-bond donors (Lipinski definition) is 1. The molecule has 0 aliphatic rings. The number of nitro benzene ring substituents is 1. The SMILES string of the molecule is O=[N+]([O-])CC(O)c1cc([N+](=O)[O-])ccc1Cl. The highest BCUT2D eigenvalue weighted by Crippen LogP contribution is 2.27. The maximum atomic E-state index is 10.5. The third-order valence-corrected chi connectivity index (χ3v) is 2.22. The maximum absolute atomic E-state index is 10.5.